The number of thioether (sulfide) groups is 1. The van der Waals surface area contributed by atoms with Crippen molar-refractivity contribution in [2.75, 3.05) is 5.32 Å². The standard InChI is InChI=1S/C25H22N4OS/c1-16-11-13-18(14-12-16)15-31-25-27-24-22(28-29-25)20-9-5-6-10-21(20)26-23(30-24)19-8-4-3-7-17(19)2/h3-14,23,26H,15H2,1-2H3/t23-/m0/s1. The zero-order valence-electron chi connectivity index (χ0n) is 17.4. The molecule has 3 aromatic carbocycles. The molecule has 2 heterocycles. The van der Waals surface area contributed by atoms with Crippen molar-refractivity contribution in [2.24, 2.45) is 0 Å². The lowest BCUT2D eigenvalue weighted by molar-refractivity contribution is 0.224. The van der Waals surface area contributed by atoms with Gasteiger partial charge < -0.3 is 10.1 Å². The summed E-state index contributed by atoms with van der Waals surface area (Å²) in [7, 11) is 0. The number of nitrogens with one attached hydrogen (secondary N) is 1. The molecular weight excluding hydrogens is 404 g/mol. The number of nitrogens with zero attached hydrogens (tertiary/aromatic N) is 3. The van der Waals surface area contributed by atoms with Crippen molar-refractivity contribution in [3.8, 4) is 17.1 Å². The number of rotatable bonds is 4. The van der Waals surface area contributed by atoms with Gasteiger partial charge in [0.2, 0.25) is 11.0 Å². The molecular formula is C25H22N4OS. The predicted octanol–water partition coefficient (Wildman–Crippen LogP) is 5.95. The largest absolute Gasteiger partial charge is 0.448 e. The lowest BCUT2D eigenvalue weighted by Crippen LogP contribution is -2.18. The van der Waals surface area contributed by atoms with Crippen molar-refractivity contribution >= 4 is 17.4 Å². The van der Waals surface area contributed by atoms with E-state index in [1.54, 1.807) is 11.8 Å². The lowest BCUT2D eigenvalue weighted by atomic mass is 10.1. The van der Waals surface area contributed by atoms with Crippen LogP contribution in [-0.4, -0.2) is 15.2 Å². The van der Waals surface area contributed by atoms with Crippen LogP contribution < -0.4 is 10.1 Å². The van der Waals surface area contributed by atoms with E-state index < -0.39 is 0 Å². The summed E-state index contributed by atoms with van der Waals surface area (Å²) in [5.74, 6) is 1.27. The highest BCUT2D eigenvalue weighted by Gasteiger charge is 2.26. The lowest BCUT2D eigenvalue weighted by Gasteiger charge is -2.21. The summed E-state index contributed by atoms with van der Waals surface area (Å²) in [6.45, 7) is 4.17. The predicted molar refractivity (Wildman–Crippen MR) is 124 cm³/mol. The van der Waals surface area contributed by atoms with Gasteiger partial charge in [0, 0.05) is 22.6 Å². The number of ether oxygens (including phenoxy) is 1. The zero-order chi connectivity index (χ0) is 21.2. The summed E-state index contributed by atoms with van der Waals surface area (Å²) in [5.41, 5.74) is 7.22. The van der Waals surface area contributed by atoms with E-state index in [4.69, 9.17) is 9.72 Å². The molecule has 0 fully saturated rings. The van der Waals surface area contributed by atoms with Crippen molar-refractivity contribution in [1.82, 2.24) is 15.2 Å². The summed E-state index contributed by atoms with van der Waals surface area (Å²) in [6, 6.07) is 24.7. The first-order valence-electron chi connectivity index (χ1n) is 10.2. The number of para-hydroxylation sites is 1. The van der Waals surface area contributed by atoms with E-state index in [0.29, 0.717) is 16.7 Å². The molecule has 1 atom stereocenters. The first-order chi connectivity index (χ1) is 15.2. The number of hydrogen-bond donors (Lipinski definition) is 1. The molecule has 0 saturated heterocycles. The molecule has 5 nitrogen and oxygen atoms in total. The molecule has 5 rings (SSSR count). The van der Waals surface area contributed by atoms with E-state index in [1.165, 1.54) is 11.1 Å². The van der Waals surface area contributed by atoms with E-state index in [9.17, 15) is 0 Å². The number of anilines is 1. The van der Waals surface area contributed by atoms with Gasteiger partial charge in [0.15, 0.2) is 11.9 Å². The van der Waals surface area contributed by atoms with Crippen molar-refractivity contribution in [3.05, 3.63) is 95.1 Å². The Bertz CT molecular complexity index is 1230. The number of fused-ring (bicyclic) bond motifs is 3. The van der Waals surface area contributed by atoms with Crippen molar-refractivity contribution < 1.29 is 4.74 Å². The summed E-state index contributed by atoms with van der Waals surface area (Å²) >= 11 is 1.56. The third-order valence-corrected chi connectivity index (χ3v) is 6.20. The molecule has 1 aromatic heterocycles. The molecule has 31 heavy (non-hydrogen) atoms. The second-order valence-electron chi connectivity index (χ2n) is 7.57. The SMILES string of the molecule is Cc1ccc(CSc2nnc3c(n2)O[C@@H](c2ccccc2C)Nc2ccccc2-3)cc1. The quantitative estimate of drug-likeness (QED) is 0.407. The van der Waals surface area contributed by atoms with E-state index in [-0.39, 0.29) is 6.23 Å². The molecule has 6 heteroatoms. The van der Waals surface area contributed by atoms with E-state index >= 15 is 0 Å². The Hall–Kier alpha value is -3.38. The third-order valence-electron chi connectivity index (χ3n) is 5.29. The van der Waals surface area contributed by atoms with Gasteiger partial charge in [0.25, 0.3) is 0 Å². The summed E-state index contributed by atoms with van der Waals surface area (Å²) < 4.78 is 6.38. The minimum absolute atomic E-state index is 0.366. The van der Waals surface area contributed by atoms with Crippen molar-refractivity contribution in [2.45, 2.75) is 31.0 Å². The Kier molecular flexibility index (Phi) is 5.30. The highest BCUT2D eigenvalue weighted by atomic mass is 32.2. The Labute approximate surface area is 185 Å². The van der Waals surface area contributed by atoms with Gasteiger partial charge in [-0.3, -0.25) is 0 Å². The monoisotopic (exact) mass is 426 g/mol. The van der Waals surface area contributed by atoms with Crippen LogP contribution in [0, 0.1) is 13.8 Å². The van der Waals surface area contributed by atoms with E-state index in [1.807, 2.05) is 36.4 Å². The molecule has 0 bridgehead atoms. The van der Waals surface area contributed by atoms with Crippen LogP contribution in [0.15, 0.2) is 78.0 Å². The van der Waals surface area contributed by atoms with Crippen molar-refractivity contribution in [3.63, 3.8) is 0 Å². The van der Waals surface area contributed by atoms with Crippen LogP contribution in [0.5, 0.6) is 5.88 Å². The van der Waals surface area contributed by atoms with E-state index in [2.05, 4.69) is 65.8 Å². The minimum atomic E-state index is -0.366. The fraction of sp³-hybridized carbons (Fsp3) is 0.160. The number of aryl methyl sites for hydroxylation is 2. The average molecular weight is 427 g/mol. The molecule has 0 unspecified atom stereocenters. The molecule has 4 aromatic rings. The minimum Gasteiger partial charge on any atom is -0.448 e. The number of hydrogen-bond acceptors (Lipinski definition) is 6. The zero-order valence-corrected chi connectivity index (χ0v) is 18.2. The third kappa shape index (κ3) is 4.11. The molecule has 0 saturated carbocycles. The van der Waals surface area contributed by atoms with Crippen LogP contribution >= 0.6 is 11.8 Å². The molecule has 0 aliphatic carbocycles. The second kappa shape index (κ2) is 8.40. The van der Waals surface area contributed by atoms with Gasteiger partial charge in [-0.05, 0) is 31.0 Å². The molecule has 154 valence electrons. The van der Waals surface area contributed by atoms with Crippen LogP contribution in [0.4, 0.5) is 5.69 Å². The summed E-state index contributed by atoms with van der Waals surface area (Å²) in [6.07, 6.45) is -0.366. The molecule has 0 amide bonds. The summed E-state index contributed by atoms with van der Waals surface area (Å²) in [5, 5.41) is 13.0. The molecule has 1 aliphatic heterocycles. The maximum atomic E-state index is 6.38. The maximum Gasteiger partial charge on any atom is 0.247 e. The molecule has 0 radical (unpaired) electrons. The van der Waals surface area contributed by atoms with Crippen LogP contribution in [0.1, 0.15) is 28.5 Å². The molecule has 1 N–H and O–H groups in total. The number of aromatic nitrogens is 3. The maximum absolute atomic E-state index is 6.38. The molecule has 0 spiro atoms. The van der Waals surface area contributed by atoms with E-state index in [0.717, 1.165) is 28.1 Å². The highest BCUT2D eigenvalue weighted by Crippen LogP contribution is 2.40. The Morgan fingerprint density at radius 1 is 0.903 bits per heavy atom. The fourth-order valence-corrected chi connectivity index (χ4v) is 4.30. The Morgan fingerprint density at radius 3 is 2.52 bits per heavy atom. The van der Waals surface area contributed by atoms with Gasteiger partial charge in [-0.15, -0.1) is 10.2 Å². The first-order valence-corrected chi connectivity index (χ1v) is 11.2. The van der Waals surface area contributed by atoms with Crippen LogP contribution in [0.2, 0.25) is 0 Å². The van der Waals surface area contributed by atoms with Crippen LogP contribution in [0.25, 0.3) is 11.3 Å². The fourth-order valence-electron chi connectivity index (χ4n) is 3.56. The normalized spacial score (nSPS) is 14.6. The van der Waals surface area contributed by atoms with Crippen LogP contribution in [0.3, 0.4) is 0 Å². The summed E-state index contributed by atoms with van der Waals surface area (Å²) in [4.78, 5) is 4.74. The van der Waals surface area contributed by atoms with Gasteiger partial charge >= 0.3 is 0 Å². The highest BCUT2D eigenvalue weighted by molar-refractivity contribution is 7.98. The topological polar surface area (TPSA) is 59.9 Å². The van der Waals surface area contributed by atoms with Gasteiger partial charge in [-0.25, -0.2) is 0 Å². The van der Waals surface area contributed by atoms with Gasteiger partial charge in [-0.2, -0.15) is 4.98 Å². The molecule has 1 aliphatic rings. The van der Waals surface area contributed by atoms with Gasteiger partial charge in [0.1, 0.15) is 0 Å². The smallest absolute Gasteiger partial charge is 0.247 e. The van der Waals surface area contributed by atoms with Gasteiger partial charge in [-0.1, -0.05) is 84.1 Å². The first kappa shape index (κ1) is 19.6. The Morgan fingerprint density at radius 2 is 1.68 bits per heavy atom. The Balaban J connectivity index is 1.49. The second-order valence-corrected chi connectivity index (χ2v) is 8.51. The van der Waals surface area contributed by atoms with Crippen molar-refractivity contribution in [1.29, 1.82) is 0 Å². The van der Waals surface area contributed by atoms with Gasteiger partial charge in [0.05, 0.1) is 0 Å². The average Bonchev–Trinajstić information content (AvgIpc) is 2.95. The number of benzene rings is 3. The van der Waals surface area contributed by atoms with Crippen LogP contribution in [-0.2, 0) is 5.75 Å².